The molecule has 4 heteroatoms. The molecule has 0 bridgehead atoms. The highest BCUT2D eigenvalue weighted by molar-refractivity contribution is 5.81. The molecule has 0 unspecified atom stereocenters. The zero-order valence-corrected chi connectivity index (χ0v) is 14.3. The third kappa shape index (κ3) is 13.9. The van der Waals surface area contributed by atoms with Gasteiger partial charge in [0.25, 0.3) is 0 Å². The third-order valence-electron chi connectivity index (χ3n) is 3.44. The number of unbranched alkanes of at least 4 members (excludes halogenated alkanes) is 5. The van der Waals surface area contributed by atoms with Crippen LogP contribution < -0.4 is 12.4 Å². The standard InChI is InChI=1S/C16H32NO2.ClH/c1-5-7-8-9-10-11-13-17(3,4)14-12-15-19-16(18)6-2;/h6H,2,5,7-15H2,1,3-4H3;1H/q+1;/p-1. The fourth-order valence-corrected chi connectivity index (χ4v) is 2.16. The minimum Gasteiger partial charge on any atom is -1.00 e. The summed E-state index contributed by atoms with van der Waals surface area (Å²) in [6, 6.07) is 0. The fourth-order valence-electron chi connectivity index (χ4n) is 2.16. The Morgan fingerprint density at radius 1 is 1.05 bits per heavy atom. The Balaban J connectivity index is 0. The van der Waals surface area contributed by atoms with Gasteiger partial charge in [0.15, 0.2) is 0 Å². The molecule has 0 amide bonds. The highest BCUT2D eigenvalue weighted by Crippen LogP contribution is 2.08. The maximum absolute atomic E-state index is 10.9. The van der Waals surface area contributed by atoms with Gasteiger partial charge in [0.05, 0.1) is 33.8 Å². The van der Waals surface area contributed by atoms with E-state index in [1.54, 1.807) is 0 Å². The summed E-state index contributed by atoms with van der Waals surface area (Å²) < 4.78 is 6.00. The summed E-state index contributed by atoms with van der Waals surface area (Å²) in [5.41, 5.74) is 0. The molecular formula is C16H32ClNO2. The monoisotopic (exact) mass is 305 g/mol. The number of esters is 1. The van der Waals surface area contributed by atoms with Crippen LogP contribution in [0, 0.1) is 0 Å². The lowest BCUT2D eigenvalue weighted by Crippen LogP contribution is -3.00. The maximum Gasteiger partial charge on any atom is 0.330 e. The summed E-state index contributed by atoms with van der Waals surface area (Å²) in [5, 5.41) is 0. The van der Waals surface area contributed by atoms with Gasteiger partial charge < -0.3 is 21.6 Å². The molecule has 0 saturated carbocycles. The second-order valence-electron chi connectivity index (χ2n) is 5.88. The molecule has 0 N–H and O–H groups in total. The third-order valence-corrected chi connectivity index (χ3v) is 3.44. The van der Waals surface area contributed by atoms with E-state index in [0.29, 0.717) is 6.61 Å². The minimum atomic E-state index is -0.318. The first kappa shape index (κ1) is 21.8. The lowest BCUT2D eigenvalue weighted by molar-refractivity contribution is -0.890. The number of carbonyl (C=O) groups excluding carboxylic acids is 1. The van der Waals surface area contributed by atoms with Crippen LogP contribution in [0.15, 0.2) is 12.7 Å². The molecule has 0 aromatic heterocycles. The van der Waals surface area contributed by atoms with Crippen LogP contribution in [0.3, 0.4) is 0 Å². The molecule has 0 aromatic rings. The van der Waals surface area contributed by atoms with Crippen molar-refractivity contribution in [2.75, 3.05) is 33.8 Å². The highest BCUT2D eigenvalue weighted by Gasteiger charge is 2.14. The summed E-state index contributed by atoms with van der Waals surface area (Å²) in [7, 11) is 4.50. The molecule has 0 atom stereocenters. The first-order valence-electron chi connectivity index (χ1n) is 7.63. The van der Waals surface area contributed by atoms with Crippen LogP contribution in [0.2, 0.25) is 0 Å². The topological polar surface area (TPSA) is 26.3 Å². The van der Waals surface area contributed by atoms with Gasteiger partial charge in [0.1, 0.15) is 0 Å². The van der Waals surface area contributed by atoms with E-state index < -0.39 is 0 Å². The highest BCUT2D eigenvalue weighted by atomic mass is 35.5. The van der Waals surface area contributed by atoms with Crippen LogP contribution in [0.25, 0.3) is 0 Å². The van der Waals surface area contributed by atoms with Crippen molar-refractivity contribution < 1.29 is 26.4 Å². The Bertz CT molecular complexity index is 255. The van der Waals surface area contributed by atoms with E-state index in [1.165, 1.54) is 51.1 Å². The normalized spacial score (nSPS) is 10.8. The Hall–Kier alpha value is -0.540. The zero-order chi connectivity index (χ0) is 14.6. The number of hydrogen-bond acceptors (Lipinski definition) is 2. The predicted octanol–water partition coefficient (Wildman–Crippen LogP) is 0.547. The van der Waals surface area contributed by atoms with Crippen LogP contribution in [-0.2, 0) is 9.53 Å². The van der Waals surface area contributed by atoms with Crippen LogP contribution in [0.4, 0.5) is 0 Å². The van der Waals surface area contributed by atoms with Crippen molar-refractivity contribution in [3.05, 3.63) is 12.7 Å². The second-order valence-corrected chi connectivity index (χ2v) is 5.88. The quantitative estimate of drug-likeness (QED) is 0.228. The van der Waals surface area contributed by atoms with Crippen molar-refractivity contribution in [2.24, 2.45) is 0 Å². The average molecular weight is 306 g/mol. The Kier molecular flexibility index (Phi) is 14.6. The molecule has 0 spiro atoms. The van der Waals surface area contributed by atoms with E-state index in [-0.39, 0.29) is 18.4 Å². The summed E-state index contributed by atoms with van der Waals surface area (Å²) in [6.07, 6.45) is 10.2. The smallest absolute Gasteiger partial charge is 0.330 e. The molecule has 0 aromatic carbocycles. The Labute approximate surface area is 131 Å². The molecule has 0 aliphatic carbocycles. The van der Waals surface area contributed by atoms with Crippen molar-refractivity contribution >= 4 is 5.97 Å². The number of ether oxygens (including phenoxy) is 1. The van der Waals surface area contributed by atoms with Gasteiger partial charge in [-0.3, -0.25) is 0 Å². The molecule has 3 nitrogen and oxygen atoms in total. The second kappa shape index (κ2) is 13.4. The van der Waals surface area contributed by atoms with Gasteiger partial charge in [-0.15, -0.1) is 0 Å². The van der Waals surface area contributed by atoms with Gasteiger partial charge in [0.2, 0.25) is 0 Å². The van der Waals surface area contributed by atoms with Crippen molar-refractivity contribution in [3.8, 4) is 0 Å². The molecule has 0 fully saturated rings. The molecule has 20 heavy (non-hydrogen) atoms. The summed E-state index contributed by atoms with van der Waals surface area (Å²) >= 11 is 0. The van der Waals surface area contributed by atoms with E-state index >= 15 is 0 Å². The van der Waals surface area contributed by atoms with E-state index in [0.717, 1.165) is 17.4 Å². The molecule has 120 valence electrons. The molecule has 0 heterocycles. The van der Waals surface area contributed by atoms with Crippen molar-refractivity contribution in [3.63, 3.8) is 0 Å². The van der Waals surface area contributed by atoms with Crippen molar-refractivity contribution in [1.29, 1.82) is 0 Å². The largest absolute Gasteiger partial charge is 1.00 e. The number of carbonyl (C=O) groups is 1. The molecule has 0 aliphatic heterocycles. The Morgan fingerprint density at radius 3 is 2.20 bits per heavy atom. The minimum absolute atomic E-state index is 0. The SMILES string of the molecule is C=CC(=O)OCCC[N+](C)(C)CCCCCCCC.[Cl-]. The average Bonchev–Trinajstić information content (AvgIpc) is 2.38. The first-order chi connectivity index (χ1) is 9.02. The fraction of sp³-hybridized carbons (Fsp3) is 0.812. The number of quaternary nitrogens is 1. The number of nitrogens with zero attached hydrogens (tertiary/aromatic N) is 1. The van der Waals surface area contributed by atoms with Gasteiger partial charge in [-0.05, 0) is 12.8 Å². The number of rotatable bonds is 12. The van der Waals surface area contributed by atoms with Crippen LogP contribution in [-0.4, -0.2) is 44.2 Å². The van der Waals surface area contributed by atoms with Gasteiger partial charge in [0, 0.05) is 12.5 Å². The lowest BCUT2D eigenvalue weighted by atomic mass is 10.1. The zero-order valence-electron chi connectivity index (χ0n) is 13.5. The first-order valence-corrected chi connectivity index (χ1v) is 7.63. The lowest BCUT2D eigenvalue weighted by Gasteiger charge is -2.29. The van der Waals surface area contributed by atoms with Crippen LogP contribution >= 0.6 is 0 Å². The number of hydrogen-bond donors (Lipinski definition) is 0. The Morgan fingerprint density at radius 2 is 1.60 bits per heavy atom. The maximum atomic E-state index is 10.9. The summed E-state index contributed by atoms with van der Waals surface area (Å²) in [5.74, 6) is -0.318. The van der Waals surface area contributed by atoms with Gasteiger partial charge in [-0.1, -0.05) is 39.2 Å². The van der Waals surface area contributed by atoms with Gasteiger partial charge in [-0.25, -0.2) is 4.79 Å². The molecule has 0 rings (SSSR count). The van der Waals surface area contributed by atoms with Crippen LogP contribution in [0.1, 0.15) is 51.9 Å². The predicted molar refractivity (Wildman–Crippen MR) is 81.0 cm³/mol. The number of halogens is 1. The van der Waals surface area contributed by atoms with Gasteiger partial charge >= 0.3 is 5.97 Å². The van der Waals surface area contributed by atoms with Gasteiger partial charge in [-0.2, -0.15) is 0 Å². The molecule has 0 radical (unpaired) electrons. The van der Waals surface area contributed by atoms with Crippen molar-refractivity contribution in [1.82, 2.24) is 0 Å². The summed E-state index contributed by atoms with van der Waals surface area (Å²) in [4.78, 5) is 10.9. The van der Waals surface area contributed by atoms with E-state index in [1.807, 2.05) is 0 Å². The molecule has 0 saturated heterocycles. The summed E-state index contributed by atoms with van der Waals surface area (Å²) in [6.45, 7) is 8.40. The molecular weight excluding hydrogens is 274 g/mol. The van der Waals surface area contributed by atoms with E-state index in [4.69, 9.17) is 4.74 Å². The molecule has 0 aliphatic rings. The van der Waals surface area contributed by atoms with E-state index in [2.05, 4.69) is 27.6 Å². The van der Waals surface area contributed by atoms with E-state index in [9.17, 15) is 4.79 Å². The van der Waals surface area contributed by atoms with Crippen molar-refractivity contribution in [2.45, 2.75) is 51.9 Å². The van der Waals surface area contributed by atoms with Crippen LogP contribution in [0.5, 0.6) is 0 Å².